The summed E-state index contributed by atoms with van der Waals surface area (Å²) >= 11 is 0. The number of primary amides is 1. The number of nitrogens with two attached hydrogens (primary N) is 1. The second-order valence-electron chi connectivity index (χ2n) is 5.11. The van der Waals surface area contributed by atoms with Crippen LogP contribution >= 0.6 is 0 Å². The number of aromatic nitrogens is 1. The molecule has 0 saturated carbocycles. The number of benzene rings is 1. The van der Waals surface area contributed by atoms with E-state index in [4.69, 9.17) is 5.73 Å². The molecule has 2 heterocycles. The molecule has 2 aromatic rings. The van der Waals surface area contributed by atoms with Crippen LogP contribution in [-0.2, 0) is 16.1 Å². The zero-order valence-electron chi connectivity index (χ0n) is 11.0. The maximum Gasteiger partial charge on any atom is 0.223 e. The number of nitrogens with zero attached hydrogens (tertiary/aromatic N) is 2. The van der Waals surface area contributed by atoms with Crippen LogP contribution in [-0.4, -0.2) is 28.2 Å². The fourth-order valence-corrected chi connectivity index (χ4v) is 2.56. The van der Waals surface area contributed by atoms with Crippen LogP contribution in [0.1, 0.15) is 12.0 Å². The van der Waals surface area contributed by atoms with E-state index in [-0.39, 0.29) is 18.2 Å². The number of likely N-dealkylation sites (tertiary alicyclic amines) is 1. The summed E-state index contributed by atoms with van der Waals surface area (Å²) < 4.78 is 0. The van der Waals surface area contributed by atoms with Crippen molar-refractivity contribution in [3.8, 4) is 0 Å². The van der Waals surface area contributed by atoms with Crippen LogP contribution in [0.5, 0.6) is 0 Å². The summed E-state index contributed by atoms with van der Waals surface area (Å²) in [7, 11) is 0. The first-order chi connectivity index (χ1) is 9.63. The van der Waals surface area contributed by atoms with Crippen molar-refractivity contribution < 1.29 is 9.59 Å². The van der Waals surface area contributed by atoms with Gasteiger partial charge in [0.05, 0.1) is 11.4 Å². The molecule has 1 saturated heterocycles. The fourth-order valence-electron chi connectivity index (χ4n) is 2.56. The van der Waals surface area contributed by atoms with E-state index in [2.05, 4.69) is 4.98 Å². The normalized spacial score (nSPS) is 18.7. The molecule has 1 aliphatic rings. The lowest BCUT2D eigenvalue weighted by Crippen LogP contribution is -2.28. The average molecular weight is 269 g/mol. The van der Waals surface area contributed by atoms with Crippen LogP contribution in [0.25, 0.3) is 10.9 Å². The van der Waals surface area contributed by atoms with Gasteiger partial charge in [-0.05, 0) is 23.8 Å². The number of fused-ring (bicyclic) bond motifs is 1. The smallest absolute Gasteiger partial charge is 0.223 e. The molecule has 2 N–H and O–H groups in total. The highest BCUT2D eigenvalue weighted by molar-refractivity contribution is 5.88. The number of carbonyl (C=O) groups excluding carboxylic acids is 2. The molecule has 0 radical (unpaired) electrons. The minimum Gasteiger partial charge on any atom is -0.369 e. The van der Waals surface area contributed by atoms with E-state index in [0.29, 0.717) is 13.1 Å². The number of pyridine rings is 1. The molecular weight excluding hydrogens is 254 g/mol. The topological polar surface area (TPSA) is 76.3 Å². The summed E-state index contributed by atoms with van der Waals surface area (Å²) in [6.45, 7) is 0.923. The minimum absolute atomic E-state index is 0.0138. The Balaban J connectivity index is 1.79. The molecule has 1 unspecified atom stereocenters. The molecule has 1 aromatic heterocycles. The summed E-state index contributed by atoms with van der Waals surface area (Å²) in [4.78, 5) is 29.0. The minimum atomic E-state index is -0.399. The first-order valence-electron chi connectivity index (χ1n) is 6.54. The van der Waals surface area contributed by atoms with Crippen molar-refractivity contribution in [3.05, 3.63) is 42.1 Å². The van der Waals surface area contributed by atoms with Gasteiger partial charge >= 0.3 is 0 Å². The predicted molar refractivity (Wildman–Crippen MR) is 74.5 cm³/mol. The van der Waals surface area contributed by atoms with E-state index in [9.17, 15) is 9.59 Å². The van der Waals surface area contributed by atoms with Crippen LogP contribution in [0.15, 0.2) is 36.5 Å². The van der Waals surface area contributed by atoms with E-state index in [1.807, 2.05) is 30.3 Å². The Morgan fingerprint density at radius 1 is 1.40 bits per heavy atom. The lowest BCUT2D eigenvalue weighted by atomic mass is 10.1. The highest BCUT2D eigenvalue weighted by Crippen LogP contribution is 2.21. The molecule has 20 heavy (non-hydrogen) atoms. The van der Waals surface area contributed by atoms with Crippen LogP contribution in [0.4, 0.5) is 0 Å². The van der Waals surface area contributed by atoms with Gasteiger partial charge in [-0.25, -0.2) is 0 Å². The van der Waals surface area contributed by atoms with Crippen LogP contribution in [0.2, 0.25) is 0 Å². The molecule has 2 amide bonds. The molecule has 3 rings (SSSR count). The highest BCUT2D eigenvalue weighted by atomic mass is 16.2. The number of hydrogen-bond acceptors (Lipinski definition) is 3. The lowest BCUT2D eigenvalue weighted by molar-refractivity contribution is -0.128. The van der Waals surface area contributed by atoms with E-state index < -0.39 is 5.91 Å². The summed E-state index contributed by atoms with van der Waals surface area (Å²) in [6, 6.07) is 9.80. The second kappa shape index (κ2) is 4.92. The van der Waals surface area contributed by atoms with Crippen molar-refractivity contribution in [1.82, 2.24) is 9.88 Å². The van der Waals surface area contributed by atoms with Crippen molar-refractivity contribution in [2.24, 2.45) is 11.7 Å². The van der Waals surface area contributed by atoms with Crippen molar-refractivity contribution in [3.63, 3.8) is 0 Å². The summed E-state index contributed by atoms with van der Waals surface area (Å²) in [5, 5.41) is 1.04. The van der Waals surface area contributed by atoms with E-state index in [1.165, 1.54) is 0 Å². The second-order valence-corrected chi connectivity index (χ2v) is 5.11. The third kappa shape index (κ3) is 2.34. The Bertz CT molecular complexity index is 684. The van der Waals surface area contributed by atoms with Crippen molar-refractivity contribution in [2.45, 2.75) is 13.0 Å². The number of rotatable bonds is 3. The van der Waals surface area contributed by atoms with Gasteiger partial charge in [-0.15, -0.1) is 0 Å². The van der Waals surface area contributed by atoms with Crippen molar-refractivity contribution in [1.29, 1.82) is 0 Å². The monoisotopic (exact) mass is 269 g/mol. The number of hydrogen-bond donors (Lipinski definition) is 1. The summed E-state index contributed by atoms with van der Waals surface area (Å²) in [5.74, 6) is -0.770. The largest absolute Gasteiger partial charge is 0.369 e. The number of carbonyl (C=O) groups is 2. The van der Waals surface area contributed by atoms with Gasteiger partial charge in [-0.2, -0.15) is 0 Å². The molecule has 0 bridgehead atoms. The molecule has 1 aliphatic heterocycles. The SMILES string of the molecule is NC(=O)C1CC(=O)N(Cc2ccc3ncccc3c2)C1. The first kappa shape index (κ1) is 12.6. The molecule has 1 aromatic carbocycles. The van der Waals surface area contributed by atoms with Gasteiger partial charge in [-0.1, -0.05) is 12.1 Å². The molecule has 102 valence electrons. The van der Waals surface area contributed by atoms with Gasteiger partial charge in [0.2, 0.25) is 11.8 Å². The number of amides is 2. The zero-order chi connectivity index (χ0) is 14.1. The summed E-state index contributed by atoms with van der Waals surface area (Å²) in [6.07, 6.45) is 1.98. The third-order valence-corrected chi connectivity index (χ3v) is 3.66. The van der Waals surface area contributed by atoms with E-state index in [0.717, 1.165) is 16.5 Å². The molecule has 5 nitrogen and oxygen atoms in total. The predicted octanol–water partition coefficient (Wildman–Crippen LogP) is 1.07. The van der Waals surface area contributed by atoms with Crippen LogP contribution < -0.4 is 5.73 Å². The standard InChI is InChI=1S/C15H15N3O2/c16-15(20)12-7-14(19)18(9-12)8-10-3-4-13-11(6-10)2-1-5-17-13/h1-6,12H,7-9H2,(H2,16,20). The molecule has 0 aliphatic carbocycles. The molecule has 0 spiro atoms. The van der Waals surface area contributed by atoms with Gasteiger partial charge in [0.1, 0.15) is 0 Å². The van der Waals surface area contributed by atoms with Crippen molar-refractivity contribution in [2.75, 3.05) is 6.54 Å². The maximum absolute atomic E-state index is 11.9. The van der Waals surface area contributed by atoms with Crippen LogP contribution in [0, 0.1) is 5.92 Å². The lowest BCUT2D eigenvalue weighted by Gasteiger charge is -2.16. The maximum atomic E-state index is 11.9. The Kier molecular flexibility index (Phi) is 3.10. The van der Waals surface area contributed by atoms with Gasteiger partial charge in [0.15, 0.2) is 0 Å². The van der Waals surface area contributed by atoms with Crippen LogP contribution in [0.3, 0.4) is 0 Å². The average Bonchev–Trinajstić information content (AvgIpc) is 2.80. The fraction of sp³-hybridized carbons (Fsp3) is 0.267. The highest BCUT2D eigenvalue weighted by Gasteiger charge is 2.32. The third-order valence-electron chi connectivity index (χ3n) is 3.66. The van der Waals surface area contributed by atoms with E-state index in [1.54, 1.807) is 11.1 Å². The Morgan fingerprint density at radius 3 is 3.00 bits per heavy atom. The molecule has 1 atom stereocenters. The molecule has 1 fully saturated rings. The van der Waals surface area contributed by atoms with Gasteiger partial charge < -0.3 is 10.6 Å². The Labute approximate surface area is 116 Å². The zero-order valence-corrected chi connectivity index (χ0v) is 11.0. The Morgan fingerprint density at radius 2 is 2.25 bits per heavy atom. The molecular formula is C15H15N3O2. The van der Waals surface area contributed by atoms with Gasteiger partial charge in [-0.3, -0.25) is 14.6 Å². The van der Waals surface area contributed by atoms with Gasteiger partial charge in [0, 0.05) is 31.1 Å². The molecule has 5 heteroatoms. The van der Waals surface area contributed by atoms with Crippen molar-refractivity contribution >= 4 is 22.7 Å². The quantitative estimate of drug-likeness (QED) is 0.905. The van der Waals surface area contributed by atoms with Gasteiger partial charge in [0.25, 0.3) is 0 Å². The summed E-state index contributed by atoms with van der Waals surface area (Å²) in [5.41, 5.74) is 7.22. The van der Waals surface area contributed by atoms with E-state index >= 15 is 0 Å². The first-order valence-corrected chi connectivity index (χ1v) is 6.54. The Hall–Kier alpha value is -2.43.